The molecule has 0 heterocycles. The lowest BCUT2D eigenvalue weighted by Gasteiger charge is -2.00. The molecule has 1 aromatic rings. The molecule has 0 fully saturated rings. The van der Waals surface area contributed by atoms with Crippen molar-refractivity contribution in [3.8, 4) is 0 Å². The quantitative estimate of drug-likeness (QED) is 0.679. The highest BCUT2D eigenvalue weighted by Crippen LogP contribution is 1.99. The van der Waals surface area contributed by atoms with Crippen LogP contribution in [0.15, 0.2) is 36.4 Å². The van der Waals surface area contributed by atoms with Gasteiger partial charge in [0.25, 0.3) is 0 Å². The van der Waals surface area contributed by atoms with Crippen LogP contribution in [-0.2, 0) is 4.74 Å². The average Bonchev–Trinajstić information content (AvgIpc) is 2.34. The second kappa shape index (κ2) is 9.13. The Labute approximate surface area is 98.3 Å². The summed E-state index contributed by atoms with van der Waals surface area (Å²) < 4.78 is 4.99. The number of unbranched alkanes of at least 4 members (excludes halogenated alkanes) is 1. The first-order chi connectivity index (χ1) is 7.93. The third-order valence-electron chi connectivity index (χ3n) is 2.32. The van der Waals surface area contributed by atoms with Gasteiger partial charge in [0.2, 0.25) is 0 Å². The van der Waals surface area contributed by atoms with E-state index in [1.54, 1.807) is 7.11 Å². The van der Waals surface area contributed by atoms with Crippen molar-refractivity contribution < 1.29 is 4.74 Å². The van der Waals surface area contributed by atoms with Crippen LogP contribution in [0.5, 0.6) is 0 Å². The lowest BCUT2D eigenvalue weighted by atomic mass is 10.2. The summed E-state index contributed by atoms with van der Waals surface area (Å²) in [4.78, 5) is 0. The monoisotopic (exact) mass is 219 g/mol. The predicted molar refractivity (Wildman–Crippen MR) is 69.5 cm³/mol. The van der Waals surface area contributed by atoms with Crippen LogP contribution in [0.4, 0.5) is 0 Å². The summed E-state index contributed by atoms with van der Waals surface area (Å²) in [6.07, 6.45) is 6.60. The summed E-state index contributed by atoms with van der Waals surface area (Å²) >= 11 is 0. The molecule has 0 saturated heterocycles. The molecule has 1 rings (SSSR count). The summed E-state index contributed by atoms with van der Waals surface area (Å²) in [6, 6.07) is 10.4. The van der Waals surface area contributed by atoms with Crippen molar-refractivity contribution in [1.29, 1.82) is 0 Å². The number of ether oxygens (including phenoxy) is 1. The molecule has 0 unspecified atom stereocenters. The van der Waals surface area contributed by atoms with Crippen LogP contribution in [0, 0.1) is 0 Å². The molecule has 0 bridgehead atoms. The van der Waals surface area contributed by atoms with Crippen LogP contribution >= 0.6 is 0 Å². The Morgan fingerprint density at radius 2 is 2.00 bits per heavy atom. The molecule has 16 heavy (non-hydrogen) atoms. The standard InChI is InChI=1S/C14H21NO/c1-16-13-6-5-11-15-12-7-10-14-8-3-2-4-9-14/h2-4,7-10,15H,5-6,11-13H2,1H3/b10-7+. The minimum atomic E-state index is 0.863. The number of rotatable bonds is 8. The van der Waals surface area contributed by atoms with Gasteiger partial charge in [0.15, 0.2) is 0 Å². The van der Waals surface area contributed by atoms with Gasteiger partial charge in [-0.05, 0) is 24.9 Å². The highest BCUT2D eigenvalue weighted by molar-refractivity contribution is 5.48. The van der Waals surface area contributed by atoms with E-state index in [1.165, 1.54) is 12.0 Å². The molecule has 0 aliphatic heterocycles. The van der Waals surface area contributed by atoms with Gasteiger partial charge < -0.3 is 10.1 Å². The van der Waals surface area contributed by atoms with Crippen molar-refractivity contribution in [1.82, 2.24) is 5.32 Å². The van der Waals surface area contributed by atoms with Crippen molar-refractivity contribution in [2.45, 2.75) is 12.8 Å². The summed E-state index contributed by atoms with van der Waals surface area (Å²) in [6.45, 7) is 2.85. The van der Waals surface area contributed by atoms with Gasteiger partial charge >= 0.3 is 0 Å². The van der Waals surface area contributed by atoms with Crippen molar-refractivity contribution >= 4 is 6.08 Å². The maximum atomic E-state index is 4.99. The molecule has 0 aliphatic rings. The van der Waals surface area contributed by atoms with E-state index in [-0.39, 0.29) is 0 Å². The van der Waals surface area contributed by atoms with Gasteiger partial charge in [-0.3, -0.25) is 0 Å². The molecule has 0 saturated carbocycles. The van der Waals surface area contributed by atoms with Gasteiger partial charge in [0.1, 0.15) is 0 Å². The fourth-order valence-corrected chi connectivity index (χ4v) is 1.44. The Balaban J connectivity index is 2.01. The molecule has 0 spiro atoms. The van der Waals surface area contributed by atoms with Gasteiger partial charge in [-0.2, -0.15) is 0 Å². The molecule has 0 aliphatic carbocycles. The molecule has 0 aromatic heterocycles. The van der Waals surface area contributed by atoms with Gasteiger partial charge in [0, 0.05) is 20.3 Å². The molecule has 2 nitrogen and oxygen atoms in total. The molecular formula is C14H21NO. The lowest BCUT2D eigenvalue weighted by molar-refractivity contribution is 0.193. The third kappa shape index (κ3) is 6.38. The molecule has 1 aromatic carbocycles. The van der Waals surface area contributed by atoms with Crippen molar-refractivity contribution in [3.05, 3.63) is 42.0 Å². The normalized spacial score (nSPS) is 11.1. The summed E-state index contributed by atoms with van der Waals surface area (Å²) in [5.74, 6) is 0. The van der Waals surface area contributed by atoms with Crippen LogP contribution in [0.25, 0.3) is 6.08 Å². The molecule has 88 valence electrons. The molecule has 1 N–H and O–H groups in total. The number of hydrogen-bond donors (Lipinski definition) is 1. The Kier molecular flexibility index (Phi) is 7.39. The van der Waals surface area contributed by atoms with Gasteiger partial charge in [0.05, 0.1) is 0 Å². The lowest BCUT2D eigenvalue weighted by Crippen LogP contribution is -2.15. The number of methoxy groups -OCH3 is 1. The zero-order valence-electron chi connectivity index (χ0n) is 9.99. The van der Waals surface area contributed by atoms with E-state index in [0.717, 1.165) is 26.1 Å². The summed E-state index contributed by atoms with van der Waals surface area (Å²) in [7, 11) is 1.75. The van der Waals surface area contributed by atoms with Gasteiger partial charge in [-0.1, -0.05) is 42.5 Å². The highest BCUT2D eigenvalue weighted by Gasteiger charge is 1.86. The van der Waals surface area contributed by atoms with Crippen molar-refractivity contribution in [2.24, 2.45) is 0 Å². The van der Waals surface area contributed by atoms with Gasteiger partial charge in [-0.25, -0.2) is 0 Å². The van der Waals surface area contributed by atoms with Crippen LogP contribution in [0.2, 0.25) is 0 Å². The first kappa shape index (κ1) is 12.9. The first-order valence-corrected chi connectivity index (χ1v) is 5.84. The highest BCUT2D eigenvalue weighted by atomic mass is 16.5. The van der Waals surface area contributed by atoms with Crippen molar-refractivity contribution in [3.63, 3.8) is 0 Å². The smallest absolute Gasteiger partial charge is 0.0462 e. The van der Waals surface area contributed by atoms with E-state index in [0.29, 0.717) is 0 Å². The minimum absolute atomic E-state index is 0.863. The minimum Gasteiger partial charge on any atom is -0.385 e. The first-order valence-electron chi connectivity index (χ1n) is 5.84. The maximum absolute atomic E-state index is 4.99. The van der Waals surface area contributed by atoms with Crippen LogP contribution in [-0.4, -0.2) is 26.8 Å². The van der Waals surface area contributed by atoms with E-state index >= 15 is 0 Å². The topological polar surface area (TPSA) is 21.3 Å². The van der Waals surface area contributed by atoms with E-state index < -0.39 is 0 Å². The molecule has 0 amide bonds. The SMILES string of the molecule is COCCCCNC/C=C/c1ccccc1. The fourth-order valence-electron chi connectivity index (χ4n) is 1.44. The largest absolute Gasteiger partial charge is 0.385 e. The number of benzene rings is 1. The van der Waals surface area contributed by atoms with Crippen LogP contribution in [0.3, 0.4) is 0 Å². The fraction of sp³-hybridized carbons (Fsp3) is 0.429. The molecule has 0 atom stereocenters. The van der Waals surface area contributed by atoms with Crippen LogP contribution < -0.4 is 5.32 Å². The molecular weight excluding hydrogens is 198 g/mol. The zero-order chi connectivity index (χ0) is 11.5. The van der Waals surface area contributed by atoms with E-state index in [1.807, 2.05) is 6.07 Å². The Morgan fingerprint density at radius 1 is 1.19 bits per heavy atom. The summed E-state index contributed by atoms with van der Waals surface area (Å²) in [5, 5.41) is 3.37. The zero-order valence-corrected chi connectivity index (χ0v) is 9.99. The Bertz CT molecular complexity index is 282. The number of nitrogens with one attached hydrogen (secondary N) is 1. The second-order valence-corrected chi connectivity index (χ2v) is 3.72. The van der Waals surface area contributed by atoms with E-state index in [9.17, 15) is 0 Å². The van der Waals surface area contributed by atoms with Crippen molar-refractivity contribution in [2.75, 3.05) is 26.8 Å². The second-order valence-electron chi connectivity index (χ2n) is 3.72. The maximum Gasteiger partial charge on any atom is 0.0462 e. The Morgan fingerprint density at radius 3 is 2.75 bits per heavy atom. The van der Waals surface area contributed by atoms with Gasteiger partial charge in [-0.15, -0.1) is 0 Å². The Hall–Kier alpha value is -1.12. The summed E-state index contributed by atoms with van der Waals surface area (Å²) in [5.41, 5.74) is 1.25. The molecule has 0 radical (unpaired) electrons. The average molecular weight is 219 g/mol. The van der Waals surface area contributed by atoms with E-state index in [4.69, 9.17) is 4.74 Å². The molecule has 2 heteroatoms. The number of hydrogen-bond acceptors (Lipinski definition) is 2. The third-order valence-corrected chi connectivity index (χ3v) is 2.32. The predicted octanol–water partition coefficient (Wildman–Crippen LogP) is 2.72. The van der Waals surface area contributed by atoms with Crippen LogP contribution in [0.1, 0.15) is 18.4 Å². The van der Waals surface area contributed by atoms with E-state index in [2.05, 4.69) is 41.7 Å².